The van der Waals surface area contributed by atoms with Gasteiger partial charge in [0.2, 0.25) is 0 Å². The first-order chi connectivity index (χ1) is 9.61. The largest absolute Gasteiger partial charge is 0.352 e. The lowest BCUT2D eigenvalue weighted by molar-refractivity contribution is 0.0954. The number of aryl methyl sites for hydroxylation is 1. The van der Waals surface area contributed by atoms with E-state index in [-0.39, 0.29) is 5.91 Å². The first-order valence-corrected chi connectivity index (χ1v) is 7.46. The molecule has 0 saturated carbocycles. The van der Waals surface area contributed by atoms with Gasteiger partial charge in [0, 0.05) is 22.1 Å². The smallest absolute Gasteiger partial charge is 0.252 e. The van der Waals surface area contributed by atoms with Gasteiger partial charge in [-0.3, -0.25) is 9.78 Å². The van der Waals surface area contributed by atoms with Crippen LogP contribution in [0.5, 0.6) is 0 Å². The summed E-state index contributed by atoms with van der Waals surface area (Å²) < 4.78 is 0.956. The molecule has 0 fully saturated rings. The predicted octanol–water partition coefficient (Wildman–Crippen LogP) is 2.77. The van der Waals surface area contributed by atoms with Gasteiger partial charge in [-0.15, -0.1) is 0 Å². The van der Waals surface area contributed by atoms with Gasteiger partial charge >= 0.3 is 0 Å². The number of rotatable bonds is 5. The molecule has 1 aromatic carbocycles. The highest BCUT2D eigenvalue weighted by Crippen LogP contribution is 2.22. The third-order valence-electron chi connectivity index (χ3n) is 3.06. The van der Waals surface area contributed by atoms with Crippen LogP contribution in [-0.4, -0.2) is 24.0 Å². The summed E-state index contributed by atoms with van der Waals surface area (Å²) in [5.74, 6) is -0.0557. The molecule has 0 radical (unpaired) electrons. The average molecular weight is 336 g/mol. The fourth-order valence-electron chi connectivity index (χ4n) is 2.09. The molecule has 1 heterocycles. The van der Waals surface area contributed by atoms with Gasteiger partial charge in [-0.2, -0.15) is 0 Å². The quantitative estimate of drug-likeness (QED) is 0.825. The fourth-order valence-corrected chi connectivity index (χ4v) is 2.44. The van der Waals surface area contributed by atoms with Crippen LogP contribution in [0.25, 0.3) is 10.9 Å². The maximum absolute atomic E-state index is 12.3. The summed E-state index contributed by atoms with van der Waals surface area (Å²) in [7, 11) is 0. The number of unbranched alkanes of at least 4 members (excludes halogenated alkanes) is 1. The van der Waals surface area contributed by atoms with Crippen molar-refractivity contribution >= 4 is 32.7 Å². The molecule has 0 aliphatic heterocycles. The molecule has 0 aliphatic rings. The van der Waals surface area contributed by atoms with Crippen molar-refractivity contribution < 1.29 is 4.79 Å². The second kappa shape index (κ2) is 6.81. The molecule has 1 amide bonds. The first-order valence-electron chi connectivity index (χ1n) is 6.67. The Kier molecular flexibility index (Phi) is 5.09. The Morgan fingerprint density at radius 1 is 1.35 bits per heavy atom. The number of nitrogens with zero attached hydrogens (tertiary/aromatic N) is 1. The molecule has 0 atom stereocenters. The van der Waals surface area contributed by atoms with E-state index in [1.807, 2.05) is 31.2 Å². The van der Waals surface area contributed by atoms with Gasteiger partial charge < -0.3 is 11.1 Å². The number of pyridine rings is 1. The average Bonchev–Trinajstić information content (AvgIpc) is 2.42. The zero-order chi connectivity index (χ0) is 14.5. The number of hydrogen-bond donors (Lipinski definition) is 2. The van der Waals surface area contributed by atoms with E-state index in [1.165, 1.54) is 0 Å². The third kappa shape index (κ3) is 3.55. The van der Waals surface area contributed by atoms with Crippen molar-refractivity contribution in [2.45, 2.75) is 19.8 Å². The van der Waals surface area contributed by atoms with Crippen LogP contribution in [0.1, 0.15) is 28.9 Å². The maximum Gasteiger partial charge on any atom is 0.252 e. The lowest BCUT2D eigenvalue weighted by Crippen LogP contribution is -2.25. The van der Waals surface area contributed by atoms with Crippen LogP contribution >= 0.6 is 15.9 Å². The fraction of sp³-hybridized carbons (Fsp3) is 0.333. The van der Waals surface area contributed by atoms with Gasteiger partial charge in [-0.25, -0.2) is 0 Å². The van der Waals surface area contributed by atoms with Crippen molar-refractivity contribution in [3.8, 4) is 0 Å². The van der Waals surface area contributed by atoms with E-state index in [0.29, 0.717) is 18.7 Å². The van der Waals surface area contributed by atoms with Crippen LogP contribution in [0.3, 0.4) is 0 Å². The molecule has 2 rings (SSSR count). The molecular formula is C15H18BrN3O. The molecule has 0 bridgehead atoms. The highest BCUT2D eigenvalue weighted by Gasteiger charge is 2.11. The normalized spacial score (nSPS) is 10.8. The topological polar surface area (TPSA) is 68.0 Å². The minimum Gasteiger partial charge on any atom is -0.352 e. The summed E-state index contributed by atoms with van der Waals surface area (Å²) in [4.78, 5) is 16.7. The second-order valence-electron chi connectivity index (χ2n) is 4.72. The summed E-state index contributed by atoms with van der Waals surface area (Å²) in [5, 5.41) is 3.80. The number of hydrogen-bond acceptors (Lipinski definition) is 3. The van der Waals surface area contributed by atoms with Gasteiger partial charge in [0.25, 0.3) is 5.91 Å². The van der Waals surface area contributed by atoms with Crippen LogP contribution in [0, 0.1) is 6.92 Å². The van der Waals surface area contributed by atoms with Crippen LogP contribution in [0.15, 0.2) is 28.7 Å². The molecule has 3 N–H and O–H groups in total. The number of halogens is 1. The van der Waals surface area contributed by atoms with E-state index in [4.69, 9.17) is 5.73 Å². The van der Waals surface area contributed by atoms with Crippen molar-refractivity contribution in [3.05, 3.63) is 40.0 Å². The van der Waals surface area contributed by atoms with Crippen molar-refractivity contribution in [2.24, 2.45) is 5.73 Å². The molecule has 0 spiro atoms. The Morgan fingerprint density at radius 3 is 2.90 bits per heavy atom. The first kappa shape index (κ1) is 14.9. The van der Waals surface area contributed by atoms with Gasteiger partial charge in [-0.05, 0) is 44.5 Å². The Bertz CT molecular complexity index is 623. The van der Waals surface area contributed by atoms with E-state index < -0.39 is 0 Å². The molecule has 0 unspecified atom stereocenters. The van der Waals surface area contributed by atoms with Gasteiger partial charge in [0.05, 0.1) is 11.1 Å². The van der Waals surface area contributed by atoms with Crippen LogP contribution < -0.4 is 11.1 Å². The molecule has 0 aliphatic carbocycles. The number of amides is 1. The van der Waals surface area contributed by atoms with Crippen LogP contribution in [0.2, 0.25) is 0 Å². The number of carbonyl (C=O) groups is 1. The molecule has 4 nitrogen and oxygen atoms in total. The lowest BCUT2D eigenvalue weighted by Gasteiger charge is -2.09. The lowest BCUT2D eigenvalue weighted by atomic mass is 10.1. The summed E-state index contributed by atoms with van der Waals surface area (Å²) in [6.45, 7) is 3.20. The molecule has 1 aromatic heterocycles. The van der Waals surface area contributed by atoms with Crippen molar-refractivity contribution in [1.29, 1.82) is 0 Å². The molecule has 5 heteroatoms. The zero-order valence-corrected chi connectivity index (χ0v) is 13.0. The second-order valence-corrected chi connectivity index (χ2v) is 5.64. The predicted molar refractivity (Wildman–Crippen MR) is 84.8 cm³/mol. The number of nitrogens with two attached hydrogens (primary N) is 1. The summed E-state index contributed by atoms with van der Waals surface area (Å²) in [6.07, 6.45) is 1.82. The summed E-state index contributed by atoms with van der Waals surface area (Å²) >= 11 is 3.43. The standard InChI is InChI=1S/C15H18BrN3O/c1-10-8-13(15(20)18-7-3-2-6-17)12-5-4-11(16)9-14(12)19-10/h4-5,8-9H,2-3,6-7,17H2,1H3,(H,18,20). The number of benzene rings is 1. The van der Waals surface area contributed by atoms with Crippen molar-refractivity contribution in [3.63, 3.8) is 0 Å². The minimum absolute atomic E-state index is 0.0557. The van der Waals surface area contributed by atoms with E-state index in [2.05, 4.69) is 26.2 Å². The van der Waals surface area contributed by atoms with Crippen LogP contribution in [0.4, 0.5) is 0 Å². The Balaban J connectivity index is 2.26. The monoisotopic (exact) mass is 335 g/mol. The van der Waals surface area contributed by atoms with Crippen molar-refractivity contribution in [2.75, 3.05) is 13.1 Å². The van der Waals surface area contributed by atoms with E-state index in [1.54, 1.807) is 0 Å². The number of aromatic nitrogens is 1. The maximum atomic E-state index is 12.3. The number of carbonyl (C=O) groups excluding carboxylic acids is 1. The SMILES string of the molecule is Cc1cc(C(=O)NCCCCN)c2ccc(Br)cc2n1. The Morgan fingerprint density at radius 2 is 2.15 bits per heavy atom. The minimum atomic E-state index is -0.0557. The van der Waals surface area contributed by atoms with E-state index >= 15 is 0 Å². The molecular weight excluding hydrogens is 318 g/mol. The van der Waals surface area contributed by atoms with Gasteiger partial charge in [0.15, 0.2) is 0 Å². The zero-order valence-electron chi connectivity index (χ0n) is 11.4. The highest BCUT2D eigenvalue weighted by atomic mass is 79.9. The van der Waals surface area contributed by atoms with Crippen LogP contribution in [-0.2, 0) is 0 Å². The van der Waals surface area contributed by atoms with E-state index in [0.717, 1.165) is 33.9 Å². The van der Waals surface area contributed by atoms with Crippen molar-refractivity contribution in [1.82, 2.24) is 10.3 Å². The number of nitrogens with one attached hydrogen (secondary N) is 1. The molecule has 2 aromatic rings. The molecule has 106 valence electrons. The van der Waals surface area contributed by atoms with Gasteiger partial charge in [-0.1, -0.05) is 22.0 Å². The summed E-state index contributed by atoms with van der Waals surface area (Å²) in [5.41, 5.74) is 7.77. The summed E-state index contributed by atoms with van der Waals surface area (Å²) in [6, 6.07) is 7.59. The van der Waals surface area contributed by atoms with Gasteiger partial charge in [0.1, 0.15) is 0 Å². The molecule has 20 heavy (non-hydrogen) atoms. The Labute approximate surface area is 126 Å². The van der Waals surface area contributed by atoms with E-state index in [9.17, 15) is 4.79 Å². The number of fused-ring (bicyclic) bond motifs is 1. The third-order valence-corrected chi connectivity index (χ3v) is 3.55. The molecule has 0 saturated heterocycles. The Hall–Kier alpha value is -1.46. The highest BCUT2D eigenvalue weighted by molar-refractivity contribution is 9.10.